The van der Waals surface area contributed by atoms with E-state index in [2.05, 4.69) is 22.3 Å². The van der Waals surface area contributed by atoms with E-state index in [1.807, 2.05) is 37.8 Å². The first-order valence-corrected chi connectivity index (χ1v) is 12.0. The molecule has 32 heavy (non-hydrogen) atoms. The number of fused-ring (bicyclic) bond motifs is 1. The van der Waals surface area contributed by atoms with Gasteiger partial charge in [-0.25, -0.2) is 0 Å². The van der Waals surface area contributed by atoms with Crippen LogP contribution in [0.5, 0.6) is 0 Å². The fourth-order valence-electron chi connectivity index (χ4n) is 4.73. The van der Waals surface area contributed by atoms with E-state index in [1.165, 1.54) is 0 Å². The Hall–Kier alpha value is -2.41. The zero-order chi connectivity index (χ0) is 22.8. The molecule has 2 aliphatic heterocycles. The van der Waals surface area contributed by atoms with Crippen LogP contribution in [-0.4, -0.2) is 76.7 Å². The van der Waals surface area contributed by atoms with Gasteiger partial charge in [-0.2, -0.15) is 0 Å². The van der Waals surface area contributed by atoms with Gasteiger partial charge in [0.25, 0.3) is 0 Å². The molecule has 0 radical (unpaired) electrons. The van der Waals surface area contributed by atoms with E-state index < -0.39 is 6.04 Å². The Kier molecular flexibility index (Phi) is 6.84. The first kappa shape index (κ1) is 22.8. The van der Waals surface area contributed by atoms with Gasteiger partial charge >= 0.3 is 0 Å². The van der Waals surface area contributed by atoms with Crippen LogP contribution in [0.25, 0.3) is 0 Å². The molecule has 1 saturated carbocycles. The Morgan fingerprint density at radius 1 is 1.00 bits per heavy atom. The molecule has 1 aromatic carbocycles. The number of piperazine rings is 1. The maximum absolute atomic E-state index is 13.6. The molecule has 0 spiro atoms. The van der Waals surface area contributed by atoms with Crippen LogP contribution in [0.3, 0.4) is 0 Å². The molecule has 7 nitrogen and oxygen atoms in total. The van der Waals surface area contributed by atoms with Crippen molar-refractivity contribution in [1.29, 1.82) is 0 Å². The molecule has 7 heteroatoms. The van der Waals surface area contributed by atoms with Crippen molar-refractivity contribution in [2.24, 2.45) is 5.92 Å². The lowest BCUT2D eigenvalue weighted by atomic mass is 9.92. The molecule has 1 N–H and O–H groups in total. The van der Waals surface area contributed by atoms with Crippen LogP contribution in [0.2, 0.25) is 0 Å². The number of amides is 3. The van der Waals surface area contributed by atoms with Gasteiger partial charge in [0.05, 0.1) is 6.04 Å². The van der Waals surface area contributed by atoms with Gasteiger partial charge in [-0.3, -0.25) is 19.3 Å². The number of nitrogens with zero attached hydrogens (tertiary/aromatic N) is 3. The highest BCUT2D eigenvalue weighted by Crippen LogP contribution is 2.26. The Labute approximate surface area is 191 Å². The van der Waals surface area contributed by atoms with Gasteiger partial charge in [-0.15, -0.1) is 0 Å². The average molecular weight is 441 g/mol. The molecule has 1 aromatic rings. The molecule has 3 aliphatic rings. The number of carbonyl (C=O) groups is 3. The van der Waals surface area contributed by atoms with E-state index >= 15 is 0 Å². The third-order valence-corrected chi connectivity index (χ3v) is 6.91. The zero-order valence-corrected chi connectivity index (χ0v) is 19.5. The quantitative estimate of drug-likeness (QED) is 0.732. The van der Waals surface area contributed by atoms with Crippen LogP contribution in [0.4, 0.5) is 0 Å². The highest BCUT2D eigenvalue weighted by atomic mass is 16.2. The van der Waals surface area contributed by atoms with Crippen molar-refractivity contribution < 1.29 is 14.4 Å². The highest BCUT2D eigenvalue weighted by Gasteiger charge is 2.38. The SMILES string of the molecule is CC(C)CC(=O)N1Cc2ccccc2CC1C(=O)N1CCN(C(C)C(=O)NC2CC2)CC1. The molecule has 174 valence electrons. The van der Waals surface area contributed by atoms with Gasteiger partial charge in [0.1, 0.15) is 6.04 Å². The van der Waals surface area contributed by atoms with Crippen molar-refractivity contribution in [3.05, 3.63) is 35.4 Å². The van der Waals surface area contributed by atoms with Gasteiger partial charge in [0.2, 0.25) is 17.7 Å². The minimum Gasteiger partial charge on any atom is -0.352 e. The molecular formula is C25H36N4O3. The molecular weight excluding hydrogens is 404 g/mol. The number of carbonyl (C=O) groups excluding carboxylic acids is 3. The van der Waals surface area contributed by atoms with Crippen LogP contribution >= 0.6 is 0 Å². The predicted octanol–water partition coefficient (Wildman–Crippen LogP) is 1.80. The third kappa shape index (κ3) is 5.14. The molecule has 1 saturated heterocycles. The second kappa shape index (κ2) is 9.61. The summed E-state index contributed by atoms with van der Waals surface area (Å²) in [5, 5.41) is 3.07. The van der Waals surface area contributed by atoms with Crippen molar-refractivity contribution in [3.8, 4) is 0 Å². The second-order valence-corrected chi connectivity index (χ2v) is 9.93. The Morgan fingerprint density at radius 2 is 1.66 bits per heavy atom. The lowest BCUT2D eigenvalue weighted by Crippen LogP contribution is -2.59. The fourth-order valence-corrected chi connectivity index (χ4v) is 4.73. The van der Waals surface area contributed by atoms with E-state index in [9.17, 15) is 14.4 Å². The van der Waals surface area contributed by atoms with Crippen LogP contribution in [0.1, 0.15) is 51.2 Å². The van der Waals surface area contributed by atoms with E-state index in [-0.39, 0.29) is 29.7 Å². The number of hydrogen-bond acceptors (Lipinski definition) is 4. The maximum Gasteiger partial charge on any atom is 0.245 e. The Balaban J connectivity index is 1.41. The number of nitrogens with one attached hydrogen (secondary N) is 1. The van der Waals surface area contributed by atoms with Crippen LogP contribution < -0.4 is 5.32 Å². The summed E-state index contributed by atoms with van der Waals surface area (Å²) in [5.74, 6) is 0.423. The van der Waals surface area contributed by atoms with Crippen molar-refractivity contribution >= 4 is 17.7 Å². The lowest BCUT2D eigenvalue weighted by molar-refractivity contribution is -0.149. The Morgan fingerprint density at radius 3 is 2.28 bits per heavy atom. The van der Waals surface area contributed by atoms with E-state index in [4.69, 9.17) is 0 Å². The third-order valence-electron chi connectivity index (χ3n) is 6.91. The first-order valence-electron chi connectivity index (χ1n) is 12.0. The summed E-state index contributed by atoms with van der Waals surface area (Å²) < 4.78 is 0. The van der Waals surface area contributed by atoms with Crippen LogP contribution in [-0.2, 0) is 27.3 Å². The van der Waals surface area contributed by atoms with Crippen LogP contribution in [0, 0.1) is 5.92 Å². The number of rotatable bonds is 6. The largest absolute Gasteiger partial charge is 0.352 e. The summed E-state index contributed by atoms with van der Waals surface area (Å²) in [6.07, 6.45) is 3.18. The lowest BCUT2D eigenvalue weighted by Gasteiger charge is -2.42. The molecule has 3 amide bonds. The summed E-state index contributed by atoms with van der Waals surface area (Å²) in [6.45, 7) is 9.03. The molecule has 0 aromatic heterocycles. The molecule has 4 rings (SSSR count). The maximum atomic E-state index is 13.6. The molecule has 0 bridgehead atoms. The van der Waals surface area contributed by atoms with E-state index in [0.717, 1.165) is 24.0 Å². The topological polar surface area (TPSA) is 73.0 Å². The van der Waals surface area contributed by atoms with Gasteiger partial charge in [0.15, 0.2) is 0 Å². The molecule has 2 atom stereocenters. The van der Waals surface area contributed by atoms with Gasteiger partial charge < -0.3 is 15.1 Å². The number of hydrogen-bond donors (Lipinski definition) is 1. The van der Waals surface area contributed by atoms with Crippen molar-refractivity contribution in [1.82, 2.24) is 20.0 Å². The van der Waals surface area contributed by atoms with Crippen molar-refractivity contribution in [2.45, 2.75) is 71.1 Å². The molecule has 2 unspecified atom stereocenters. The van der Waals surface area contributed by atoms with E-state index in [0.29, 0.717) is 51.6 Å². The summed E-state index contributed by atoms with van der Waals surface area (Å²) in [5.41, 5.74) is 2.29. The summed E-state index contributed by atoms with van der Waals surface area (Å²) in [7, 11) is 0. The van der Waals surface area contributed by atoms with Crippen LogP contribution in [0.15, 0.2) is 24.3 Å². The van der Waals surface area contributed by atoms with Gasteiger partial charge in [-0.05, 0) is 36.8 Å². The number of benzene rings is 1. The summed E-state index contributed by atoms with van der Waals surface area (Å²) in [4.78, 5) is 44.8. The average Bonchev–Trinajstić information content (AvgIpc) is 3.60. The standard InChI is InChI=1S/C25H36N4O3/c1-17(2)14-23(30)29-16-20-7-5-4-6-19(20)15-22(29)25(32)28-12-10-27(11-13-28)18(3)24(31)26-21-8-9-21/h4-7,17-18,21-22H,8-16H2,1-3H3,(H,26,31). The monoisotopic (exact) mass is 440 g/mol. The Bertz CT molecular complexity index is 858. The summed E-state index contributed by atoms with van der Waals surface area (Å²) in [6, 6.07) is 7.84. The van der Waals surface area contributed by atoms with Crippen molar-refractivity contribution in [2.75, 3.05) is 26.2 Å². The highest BCUT2D eigenvalue weighted by molar-refractivity contribution is 5.89. The minimum absolute atomic E-state index is 0.0337. The molecule has 1 aliphatic carbocycles. The second-order valence-electron chi connectivity index (χ2n) is 9.93. The predicted molar refractivity (Wildman–Crippen MR) is 123 cm³/mol. The molecule has 2 fully saturated rings. The molecule has 2 heterocycles. The zero-order valence-electron chi connectivity index (χ0n) is 19.5. The first-order chi connectivity index (χ1) is 15.3. The van der Waals surface area contributed by atoms with E-state index in [1.54, 1.807) is 4.90 Å². The normalized spacial score (nSPS) is 22.4. The van der Waals surface area contributed by atoms with Gasteiger partial charge in [0, 0.05) is 51.6 Å². The van der Waals surface area contributed by atoms with Gasteiger partial charge in [-0.1, -0.05) is 38.1 Å². The minimum atomic E-state index is -0.446. The fraction of sp³-hybridized carbons (Fsp3) is 0.640. The van der Waals surface area contributed by atoms with Crippen molar-refractivity contribution in [3.63, 3.8) is 0 Å². The smallest absolute Gasteiger partial charge is 0.245 e. The summed E-state index contributed by atoms with van der Waals surface area (Å²) >= 11 is 0.